The highest BCUT2D eigenvalue weighted by Gasteiger charge is 2.43. The molecule has 3 atom stereocenters. The van der Waals surface area contributed by atoms with E-state index in [0.717, 1.165) is 5.56 Å². The first-order valence-electron chi connectivity index (χ1n) is 8.57. The van der Waals surface area contributed by atoms with Gasteiger partial charge >= 0.3 is 23.4 Å². The topological polar surface area (TPSA) is 101 Å². The standard InChI is InChI=1S/C18H25NO8S/c1-18(2,3)25-17(21)19(10-12-6-8-13(23-4)9-7-12)11-14-15(16(20)24-5)27-28(22)26-14/h6-9,14-15H,10-11H2,1-5H3/t14-,15+,28?/m1/s1. The average Bonchev–Trinajstić information content (AvgIpc) is 3.00. The summed E-state index contributed by atoms with van der Waals surface area (Å²) >= 11 is -2.10. The molecule has 0 aromatic heterocycles. The van der Waals surface area contributed by atoms with Crippen LogP contribution in [-0.4, -0.2) is 59.7 Å². The molecule has 10 heteroatoms. The monoisotopic (exact) mass is 415 g/mol. The Hall–Kier alpha value is -2.17. The van der Waals surface area contributed by atoms with E-state index in [9.17, 15) is 13.8 Å². The van der Waals surface area contributed by atoms with Gasteiger partial charge in [0.05, 0.1) is 20.8 Å². The number of nitrogens with zero attached hydrogens (tertiary/aromatic N) is 1. The number of rotatable bonds is 6. The maximum absolute atomic E-state index is 12.7. The lowest BCUT2D eigenvalue weighted by Gasteiger charge is -2.29. The van der Waals surface area contributed by atoms with E-state index in [2.05, 4.69) is 4.74 Å². The van der Waals surface area contributed by atoms with Gasteiger partial charge in [0.25, 0.3) is 0 Å². The number of hydrogen-bond acceptors (Lipinski definition) is 8. The summed E-state index contributed by atoms with van der Waals surface area (Å²) in [4.78, 5) is 25.9. The van der Waals surface area contributed by atoms with Crippen LogP contribution in [0.5, 0.6) is 5.75 Å². The van der Waals surface area contributed by atoms with Gasteiger partial charge in [0, 0.05) is 6.54 Å². The first-order valence-corrected chi connectivity index (χ1v) is 9.57. The van der Waals surface area contributed by atoms with Crippen molar-refractivity contribution in [3.63, 3.8) is 0 Å². The second-order valence-electron chi connectivity index (χ2n) is 7.09. The van der Waals surface area contributed by atoms with E-state index in [1.165, 1.54) is 12.0 Å². The predicted octanol–water partition coefficient (Wildman–Crippen LogP) is 1.97. The number of methoxy groups -OCH3 is 2. The van der Waals surface area contributed by atoms with Crippen molar-refractivity contribution in [2.24, 2.45) is 0 Å². The summed E-state index contributed by atoms with van der Waals surface area (Å²) in [5, 5.41) is 0. The fourth-order valence-corrected chi connectivity index (χ4v) is 3.23. The molecule has 0 aliphatic carbocycles. The van der Waals surface area contributed by atoms with E-state index in [0.29, 0.717) is 5.75 Å². The molecule has 156 valence electrons. The van der Waals surface area contributed by atoms with Gasteiger partial charge in [-0.1, -0.05) is 12.1 Å². The van der Waals surface area contributed by atoms with Crippen LogP contribution in [0.2, 0.25) is 0 Å². The minimum atomic E-state index is -2.10. The molecule has 1 saturated heterocycles. The molecule has 2 rings (SSSR count). The second kappa shape index (κ2) is 9.35. The molecule has 9 nitrogen and oxygen atoms in total. The zero-order chi connectivity index (χ0) is 20.9. The second-order valence-corrected chi connectivity index (χ2v) is 7.88. The first-order chi connectivity index (χ1) is 13.1. The van der Waals surface area contributed by atoms with Crippen LogP contribution in [0.1, 0.15) is 26.3 Å². The number of ether oxygens (including phenoxy) is 3. The summed E-state index contributed by atoms with van der Waals surface area (Å²) in [5.41, 5.74) is 0.0913. The average molecular weight is 415 g/mol. The Kier molecular flexibility index (Phi) is 7.39. The van der Waals surface area contributed by atoms with Crippen molar-refractivity contribution >= 4 is 23.4 Å². The van der Waals surface area contributed by atoms with Crippen LogP contribution in [0.4, 0.5) is 4.79 Å². The number of benzene rings is 1. The molecule has 28 heavy (non-hydrogen) atoms. The van der Waals surface area contributed by atoms with Crippen molar-refractivity contribution in [3.8, 4) is 5.75 Å². The molecule has 1 aromatic rings. The van der Waals surface area contributed by atoms with Gasteiger partial charge in [-0.2, -0.15) is 4.21 Å². The van der Waals surface area contributed by atoms with Crippen LogP contribution in [0.15, 0.2) is 24.3 Å². The molecule has 0 spiro atoms. The molecule has 0 saturated carbocycles. The van der Waals surface area contributed by atoms with Crippen molar-refractivity contribution in [1.82, 2.24) is 4.90 Å². The summed E-state index contributed by atoms with van der Waals surface area (Å²) in [6.07, 6.45) is -2.76. The van der Waals surface area contributed by atoms with Gasteiger partial charge < -0.3 is 19.1 Å². The van der Waals surface area contributed by atoms with Crippen molar-refractivity contribution in [2.75, 3.05) is 20.8 Å². The van der Waals surface area contributed by atoms with Crippen molar-refractivity contribution in [2.45, 2.75) is 45.1 Å². The summed E-state index contributed by atoms with van der Waals surface area (Å²) in [7, 11) is 2.75. The minimum Gasteiger partial charge on any atom is -0.497 e. The van der Waals surface area contributed by atoms with E-state index in [-0.39, 0.29) is 13.1 Å². The van der Waals surface area contributed by atoms with Gasteiger partial charge in [0.2, 0.25) is 6.10 Å². The molecule has 1 amide bonds. The van der Waals surface area contributed by atoms with Crippen molar-refractivity contribution in [3.05, 3.63) is 29.8 Å². The van der Waals surface area contributed by atoms with Crippen LogP contribution in [0.25, 0.3) is 0 Å². The van der Waals surface area contributed by atoms with Gasteiger partial charge in [-0.05, 0) is 38.5 Å². The number of hydrogen-bond donors (Lipinski definition) is 0. The quantitative estimate of drug-likeness (QED) is 0.650. The smallest absolute Gasteiger partial charge is 0.410 e. The third-order valence-electron chi connectivity index (χ3n) is 3.74. The zero-order valence-electron chi connectivity index (χ0n) is 16.5. The predicted molar refractivity (Wildman–Crippen MR) is 99.5 cm³/mol. The Morgan fingerprint density at radius 1 is 1.14 bits per heavy atom. The highest BCUT2D eigenvalue weighted by molar-refractivity contribution is 7.75. The fraction of sp³-hybridized carbons (Fsp3) is 0.556. The Balaban J connectivity index is 2.20. The molecule has 1 heterocycles. The van der Waals surface area contributed by atoms with Gasteiger partial charge in [0.1, 0.15) is 17.5 Å². The van der Waals surface area contributed by atoms with E-state index in [1.54, 1.807) is 52.1 Å². The lowest BCUT2D eigenvalue weighted by molar-refractivity contribution is -0.150. The third kappa shape index (κ3) is 6.18. The van der Waals surface area contributed by atoms with E-state index in [4.69, 9.17) is 17.8 Å². The Labute approximate surface area is 166 Å². The lowest BCUT2D eigenvalue weighted by Crippen LogP contribution is -2.45. The maximum Gasteiger partial charge on any atom is 0.410 e. The van der Waals surface area contributed by atoms with Crippen molar-refractivity contribution in [1.29, 1.82) is 0 Å². The molecule has 1 aliphatic heterocycles. The molecule has 1 unspecified atom stereocenters. The summed E-state index contributed by atoms with van der Waals surface area (Å²) in [6.45, 7) is 5.35. The number of esters is 1. The first kappa shape index (κ1) is 22.1. The Morgan fingerprint density at radius 3 is 2.32 bits per heavy atom. The fourth-order valence-electron chi connectivity index (χ4n) is 2.45. The van der Waals surface area contributed by atoms with Crippen LogP contribution in [0.3, 0.4) is 0 Å². The molecular weight excluding hydrogens is 390 g/mol. The van der Waals surface area contributed by atoms with Crippen LogP contribution >= 0.6 is 0 Å². The van der Waals surface area contributed by atoms with Gasteiger partial charge in [-0.15, -0.1) is 0 Å². The summed E-state index contributed by atoms with van der Waals surface area (Å²) < 4.78 is 37.0. The molecule has 0 bridgehead atoms. The number of carbonyl (C=O) groups is 2. The molecule has 1 fully saturated rings. The third-order valence-corrected chi connectivity index (χ3v) is 4.51. The number of carbonyl (C=O) groups excluding carboxylic acids is 2. The van der Waals surface area contributed by atoms with Crippen LogP contribution in [0, 0.1) is 0 Å². The SMILES string of the molecule is COC(=O)[C@H]1OS(=O)O[C@@H]1CN(Cc1ccc(OC)cc1)C(=O)OC(C)(C)C. The Bertz CT molecular complexity index is 715. The Morgan fingerprint density at radius 2 is 1.79 bits per heavy atom. The van der Waals surface area contributed by atoms with E-state index in [1.807, 2.05) is 0 Å². The normalized spacial score (nSPS) is 21.8. The molecule has 0 N–H and O–H groups in total. The van der Waals surface area contributed by atoms with Gasteiger partial charge in [0.15, 0.2) is 0 Å². The molecular formula is C18H25NO8S. The van der Waals surface area contributed by atoms with Crippen LogP contribution < -0.4 is 4.74 Å². The van der Waals surface area contributed by atoms with Gasteiger partial charge in [-0.3, -0.25) is 8.37 Å². The summed E-state index contributed by atoms with van der Waals surface area (Å²) in [5.74, 6) is -0.0503. The van der Waals surface area contributed by atoms with Crippen LogP contribution in [-0.2, 0) is 40.5 Å². The highest BCUT2D eigenvalue weighted by Crippen LogP contribution is 2.22. The lowest BCUT2D eigenvalue weighted by atomic mass is 10.1. The summed E-state index contributed by atoms with van der Waals surface area (Å²) in [6, 6.07) is 7.14. The van der Waals surface area contributed by atoms with Crippen molar-refractivity contribution < 1.29 is 36.4 Å². The largest absolute Gasteiger partial charge is 0.497 e. The van der Waals surface area contributed by atoms with E-state index >= 15 is 0 Å². The van der Waals surface area contributed by atoms with Gasteiger partial charge in [-0.25, -0.2) is 9.59 Å². The maximum atomic E-state index is 12.7. The number of amides is 1. The zero-order valence-corrected chi connectivity index (χ0v) is 17.3. The minimum absolute atomic E-state index is 0.0769. The molecule has 1 aliphatic rings. The molecule has 0 radical (unpaired) electrons. The molecule has 1 aromatic carbocycles. The highest BCUT2D eigenvalue weighted by atomic mass is 32.2. The van der Waals surface area contributed by atoms with E-state index < -0.39 is 41.2 Å².